The van der Waals surface area contributed by atoms with Crippen LogP contribution in [0.2, 0.25) is 0 Å². The van der Waals surface area contributed by atoms with Crippen LogP contribution in [0.15, 0.2) is 66.4 Å². The molecule has 1 amide bonds. The van der Waals surface area contributed by atoms with Gasteiger partial charge in [0.05, 0.1) is 6.10 Å². The van der Waals surface area contributed by atoms with Crippen molar-refractivity contribution in [1.29, 1.82) is 0 Å². The fourth-order valence-corrected chi connectivity index (χ4v) is 7.30. The van der Waals surface area contributed by atoms with Crippen molar-refractivity contribution in [2.24, 2.45) is 29.1 Å². The SMILES string of the molecule is C=C1C(C)C2C(Cc3c[nH]c4ccccc34)NC(=O)C23C(=O)CCC(=O)C(O)C(C)=CC(C)CC=CC3C1O. The zero-order chi connectivity index (χ0) is 28.1. The number of carbonyl (C=O) groups excluding carboxylic acids is 3. The highest BCUT2D eigenvalue weighted by atomic mass is 16.3. The molecular formula is C32H38N2O5. The normalized spacial score (nSPS) is 35.9. The first-order chi connectivity index (χ1) is 18.6. The van der Waals surface area contributed by atoms with Crippen molar-refractivity contribution in [2.75, 3.05) is 0 Å². The summed E-state index contributed by atoms with van der Waals surface area (Å²) in [5, 5.41) is 26.3. The second-order valence-corrected chi connectivity index (χ2v) is 11.7. The van der Waals surface area contributed by atoms with Crippen molar-refractivity contribution in [1.82, 2.24) is 10.3 Å². The van der Waals surface area contributed by atoms with Gasteiger partial charge >= 0.3 is 0 Å². The highest BCUT2D eigenvalue weighted by molar-refractivity contribution is 6.10. The molecule has 2 aliphatic carbocycles. The molecule has 8 atom stereocenters. The molecule has 8 unspecified atom stereocenters. The Balaban J connectivity index is 1.60. The Kier molecular flexibility index (Phi) is 7.25. The second kappa shape index (κ2) is 10.4. The van der Waals surface area contributed by atoms with Crippen molar-refractivity contribution >= 4 is 28.4 Å². The average molecular weight is 531 g/mol. The standard InChI is InChI=1S/C32H38N2O5/c1-17-8-7-10-23-30(38)20(4)19(3)28-25(15-21-16-33-24-11-6-5-9-22(21)24)34-31(39)32(23,28)27(36)13-12-26(35)29(37)18(2)14-17/h5-7,9-11,14,16-17,19,23,25,28-30,33,37-38H,4,8,12-13,15H2,1-3H3,(H,34,39). The van der Waals surface area contributed by atoms with Crippen molar-refractivity contribution in [3.63, 3.8) is 0 Å². The Morgan fingerprint density at radius 1 is 1.10 bits per heavy atom. The van der Waals surface area contributed by atoms with E-state index in [-0.39, 0.29) is 36.5 Å². The lowest BCUT2D eigenvalue weighted by molar-refractivity contribution is -0.152. The average Bonchev–Trinajstić information content (AvgIpc) is 3.45. The lowest BCUT2D eigenvalue weighted by Crippen LogP contribution is -2.58. The Labute approximate surface area is 229 Å². The van der Waals surface area contributed by atoms with Gasteiger partial charge in [0, 0.05) is 47.8 Å². The number of H-pyrrole nitrogens is 1. The number of hydrogen-bond donors (Lipinski definition) is 4. The van der Waals surface area contributed by atoms with Crippen molar-refractivity contribution in [2.45, 2.75) is 64.7 Å². The molecule has 4 N–H and O–H groups in total. The van der Waals surface area contributed by atoms with Crippen LogP contribution in [0.5, 0.6) is 0 Å². The van der Waals surface area contributed by atoms with E-state index in [1.807, 2.05) is 62.5 Å². The number of aromatic amines is 1. The molecule has 1 aliphatic heterocycles. The minimum atomic E-state index is -1.54. The fourth-order valence-electron chi connectivity index (χ4n) is 7.30. The third-order valence-electron chi connectivity index (χ3n) is 9.33. The number of aliphatic hydroxyl groups is 2. The first-order valence-corrected chi connectivity index (χ1v) is 13.9. The van der Waals surface area contributed by atoms with Crippen molar-refractivity contribution < 1.29 is 24.6 Å². The van der Waals surface area contributed by atoms with Crippen LogP contribution in [0, 0.1) is 29.1 Å². The minimum absolute atomic E-state index is 0.0155. The smallest absolute Gasteiger partial charge is 0.235 e. The second-order valence-electron chi connectivity index (χ2n) is 11.7. The summed E-state index contributed by atoms with van der Waals surface area (Å²) >= 11 is 0. The number of benzene rings is 1. The summed E-state index contributed by atoms with van der Waals surface area (Å²) in [5.74, 6) is -2.77. The molecule has 1 spiro atoms. The first kappa shape index (κ1) is 27.3. The Morgan fingerprint density at radius 3 is 2.62 bits per heavy atom. The highest BCUT2D eigenvalue weighted by Gasteiger charge is 2.68. The number of ketones is 2. The predicted octanol–water partition coefficient (Wildman–Crippen LogP) is 3.82. The summed E-state index contributed by atoms with van der Waals surface area (Å²) in [6.07, 6.45) is 5.90. The Bertz CT molecular complexity index is 1390. The molecule has 2 heterocycles. The molecule has 1 aromatic carbocycles. The summed E-state index contributed by atoms with van der Waals surface area (Å²) in [6.45, 7) is 9.83. The van der Waals surface area contributed by atoms with Gasteiger partial charge in [0.15, 0.2) is 5.78 Å². The fraction of sp³-hybridized carbons (Fsp3) is 0.469. The van der Waals surface area contributed by atoms with E-state index in [9.17, 15) is 24.6 Å². The molecule has 206 valence electrons. The third kappa shape index (κ3) is 4.42. The number of carbonyl (C=O) groups is 3. The maximum atomic E-state index is 14.2. The molecular weight excluding hydrogens is 492 g/mol. The zero-order valence-corrected chi connectivity index (χ0v) is 22.8. The first-order valence-electron chi connectivity index (χ1n) is 13.9. The van der Waals surface area contributed by atoms with Crippen molar-refractivity contribution in [3.8, 4) is 0 Å². The van der Waals surface area contributed by atoms with Gasteiger partial charge in [-0.1, -0.05) is 56.9 Å². The van der Waals surface area contributed by atoms with E-state index in [2.05, 4.69) is 16.9 Å². The number of rotatable bonds is 2. The number of nitrogens with one attached hydrogen (secondary N) is 2. The predicted molar refractivity (Wildman–Crippen MR) is 150 cm³/mol. The van der Waals surface area contributed by atoms with Gasteiger partial charge in [0.25, 0.3) is 0 Å². The molecule has 2 aromatic rings. The largest absolute Gasteiger partial charge is 0.388 e. The van der Waals surface area contributed by atoms with E-state index in [0.717, 1.165) is 16.5 Å². The number of fused-ring (bicyclic) bond motifs is 1. The van der Waals surface area contributed by atoms with E-state index in [1.54, 1.807) is 6.92 Å². The van der Waals surface area contributed by atoms with Crippen LogP contribution in [-0.4, -0.2) is 50.9 Å². The summed E-state index contributed by atoms with van der Waals surface area (Å²) in [6, 6.07) is 7.60. The number of allylic oxidation sites excluding steroid dienone is 2. The molecule has 39 heavy (non-hydrogen) atoms. The van der Waals surface area contributed by atoms with Gasteiger partial charge in [-0.3, -0.25) is 14.4 Å². The maximum Gasteiger partial charge on any atom is 0.235 e. The number of hydrogen-bond acceptors (Lipinski definition) is 5. The molecule has 7 heteroatoms. The lowest BCUT2D eigenvalue weighted by atomic mass is 9.51. The molecule has 2 fully saturated rings. The van der Waals surface area contributed by atoms with Crippen LogP contribution in [0.1, 0.15) is 45.6 Å². The third-order valence-corrected chi connectivity index (χ3v) is 9.33. The molecule has 1 saturated heterocycles. The number of Topliss-reactive ketones (excluding diaryl/α,β-unsaturated/α-hetero) is 2. The number of aromatic nitrogens is 1. The molecule has 1 aromatic heterocycles. The summed E-state index contributed by atoms with van der Waals surface area (Å²) in [7, 11) is 0. The van der Waals surface area contributed by atoms with Crippen LogP contribution < -0.4 is 5.32 Å². The summed E-state index contributed by atoms with van der Waals surface area (Å²) < 4.78 is 0. The van der Waals surface area contributed by atoms with Gasteiger partial charge in [0.2, 0.25) is 5.91 Å². The quantitative estimate of drug-likeness (QED) is 0.348. The topological polar surface area (TPSA) is 119 Å². The maximum absolute atomic E-state index is 14.2. The van der Waals surface area contributed by atoms with Crippen LogP contribution in [-0.2, 0) is 20.8 Å². The lowest BCUT2D eigenvalue weighted by Gasteiger charge is -2.49. The van der Waals surface area contributed by atoms with E-state index in [4.69, 9.17) is 0 Å². The van der Waals surface area contributed by atoms with Crippen molar-refractivity contribution in [3.05, 3.63) is 72.0 Å². The zero-order valence-electron chi connectivity index (χ0n) is 22.8. The van der Waals surface area contributed by atoms with Crippen LogP contribution >= 0.6 is 0 Å². The number of para-hydroxylation sites is 1. The molecule has 0 bridgehead atoms. The molecule has 7 nitrogen and oxygen atoms in total. The summed E-state index contributed by atoms with van der Waals surface area (Å²) in [5.41, 5.74) is 1.66. The van der Waals surface area contributed by atoms with Crippen LogP contribution in [0.25, 0.3) is 10.9 Å². The Hall–Kier alpha value is -3.29. The van der Waals surface area contributed by atoms with Gasteiger partial charge in [0.1, 0.15) is 17.3 Å². The van der Waals surface area contributed by atoms with Gasteiger partial charge in [-0.05, 0) is 54.4 Å². The van der Waals surface area contributed by atoms with Gasteiger partial charge in [-0.25, -0.2) is 0 Å². The van der Waals surface area contributed by atoms with Crippen LogP contribution in [0.3, 0.4) is 0 Å². The van der Waals surface area contributed by atoms with Gasteiger partial charge < -0.3 is 20.5 Å². The highest BCUT2D eigenvalue weighted by Crippen LogP contribution is 2.57. The molecule has 3 aliphatic rings. The monoisotopic (exact) mass is 530 g/mol. The van der Waals surface area contributed by atoms with Gasteiger partial charge in [-0.2, -0.15) is 0 Å². The summed E-state index contributed by atoms with van der Waals surface area (Å²) in [4.78, 5) is 44.4. The van der Waals surface area contributed by atoms with Gasteiger partial charge in [-0.15, -0.1) is 0 Å². The molecule has 1 saturated carbocycles. The number of aliphatic hydroxyl groups excluding tert-OH is 2. The van der Waals surface area contributed by atoms with E-state index < -0.39 is 41.1 Å². The van der Waals surface area contributed by atoms with E-state index in [0.29, 0.717) is 24.0 Å². The van der Waals surface area contributed by atoms with E-state index >= 15 is 0 Å². The minimum Gasteiger partial charge on any atom is -0.388 e. The Morgan fingerprint density at radius 2 is 1.85 bits per heavy atom. The molecule has 0 radical (unpaired) electrons. The van der Waals surface area contributed by atoms with E-state index in [1.165, 1.54) is 0 Å². The van der Waals surface area contributed by atoms with Crippen LogP contribution in [0.4, 0.5) is 0 Å². The molecule has 5 rings (SSSR count). The number of amides is 1.